The second-order valence-electron chi connectivity index (χ2n) is 7.98. The van der Waals surface area contributed by atoms with Crippen molar-refractivity contribution in [3.8, 4) is 0 Å². The highest BCUT2D eigenvalue weighted by Crippen LogP contribution is 2.19. The van der Waals surface area contributed by atoms with Crippen LogP contribution in [0.1, 0.15) is 60.8 Å². The van der Waals surface area contributed by atoms with Gasteiger partial charge >= 0.3 is 18.1 Å². The molecule has 0 aliphatic heterocycles. The lowest BCUT2D eigenvalue weighted by Gasteiger charge is -2.36. The van der Waals surface area contributed by atoms with Crippen LogP contribution in [-0.2, 0) is 0 Å². The van der Waals surface area contributed by atoms with Crippen LogP contribution >= 0.6 is 0 Å². The van der Waals surface area contributed by atoms with Gasteiger partial charge in [0.1, 0.15) is 0 Å². The Morgan fingerprint density at radius 1 is 0.667 bits per heavy atom. The highest BCUT2D eigenvalue weighted by molar-refractivity contribution is 5.80. The lowest BCUT2D eigenvalue weighted by Crippen LogP contribution is -2.46. The lowest BCUT2D eigenvalue weighted by atomic mass is 10.0. The summed E-state index contributed by atoms with van der Waals surface area (Å²) >= 11 is 0. The first-order valence-electron chi connectivity index (χ1n) is 10.3. The number of hydrogen-bond donors (Lipinski definition) is 0. The van der Waals surface area contributed by atoms with E-state index >= 15 is 0 Å². The van der Waals surface area contributed by atoms with Crippen molar-refractivity contribution in [1.82, 2.24) is 14.7 Å². The Balaban J connectivity index is 5.47. The van der Waals surface area contributed by atoms with Gasteiger partial charge in [0.25, 0.3) is 0 Å². The van der Waals surface area contributed by atoms with Crippen LogP contribution in [0.15, 0.2) is 15.0 Å². The Bertz CT molecular complexity index is 618. The molecule has 0 rings (SSSR count). The molecule has 6 amide bonds. The molecule has 0 saturated heterocycles. The molecule has 0 fully saturated rings. The summed E-state index contributed by atoms with van der Waals surface area (Å²) < 4.78 is 0. The van der Waals surface area contributed by atoms with E-state index in [1.165, 1.54) is 0 Å². The molecule has 1 atom stereocenters. The first-order valence-corrected chi connectivity index (χ1v) is 10.3. The van der Waals surface area contributed by atoms with Crippen molar-refractivity contribution in [1.29, 1.82) is 0 Å². The molecule has 0 aromatic carbocycles. The lowest BCUT2D eigenvalue weighted by molar-refractivity contribution is 0.136. The number of rotatable bonds is 11. The van der Waals surface area contributed by atoms with Crippen LogP contribution in [0.3, 0.4) is 0 Å². The van der Waals surface area contributed by atoms with Crippen molar-refractivity contribution in [3.63, 3.8) is 0 Å². The predicted molar refractivity (Wildman–Crippen MR) is 123 cm³/mol. The Labute approximate surface area is 180 Å². The molecule has 0 radical (unpaired) electrons. The van der Waals surface area contributed by atoms with Crippen LogP contribution in [0.5, 0.6) is 0 Å². The molecule has 0 spiro atoms. The van der Waals surface area contributed by atoms with Gasteiger partial charge in [0.2, 0.25) is 0 Å². The number of hydrogen-bond acceptors (Lipinski definition) is 3. The van der Waals surface area contributed by atoms with Gasteiger partial charge in [-0.05, 0) is 81.0 Å². The molecule has 0 heterocycles. The van der Waals surface area contributed by atoms with Gasteiger partial charge in [-0.1, -0.05) is 0 Å². The van der Waals surface area contributed by atoms with E-state index in [1.807, 2.05) is 41.5 Å². The molecular weight excluding hydrogens is 384 g/mol. The number of carbonyl (C=O) groups excluding carboxylic acids is 3. The third kappa shape index (κ3) is 8.42. The van der Waals surface area contributed by atoms with Gasteiger partial charge in [-0.25, -0.2) is 29.4 Å². The molecule has 170 valence electrons. The summed E-state index contributed by atoms with van der Waals surface area (Å²) in [5.74, 6) is 0. The normalized spacial score (nSPS) is 11.9. The largest absolute Gasteiger partial charge is 0.343 e. The SMILES string of the molecule is C=NC(=O)N(CCCC(CCN(C(=O)N=C)C(C)C)N(C(=O)N=C)C(C)C)C(C)C. The van der Waals surface area contributed by atoms with Crippen LogP contribution in [-0.4, -0.2) is 90.2 Å². The zero-order valence-electron chi connectivity index (χ0n) is 19.4. The second kappa shape index (κ2) is 13.6. The zero-order valence-corrected chi connectivity index (χ0v) is 19.4. The highest BCUT2D eigenvalue weighted by Gasteiger charge is 2.28. The summed E-state index contributed by atoms with van der Waals surface area (Å²) in [6.45, 7) is 22.4. The van der Waals surface area contributed by atoms with Crippen molar-refractivity contribution < 1.29 is 14.4 Å². The first-order chi connectivity index (χ1) is 14.0. The molecule has 0 aliphatic rings. The van der Waals surface area contributed by atoms with E-state index < -0.39 is 6.03 Å². The molecule has 0 bridgehead atoms. The molecule has 30 heavy (non-hydrogen) atoms. The van der Waals surface area contributed by atoms with Gasteiger partial charge < -0.3 is 14.7 Å². The molecule has 1 unspecified atom stereocenters. The van der Waals surface area contributed by atoms with Crippen LogP contribution in [0, 0.1) is 0 Å². The molecule has 0 aromatic rings. The molecule has 9 nitrogen and oxygen atoms in total. The average molecular weight is 423 g/mol. The van der Waals surface area contributed by atoms with E-state index in [4.69, 9.17) is 0 Å². The minimum Gasteiger partial charge on any atom is -0.320 e. The van der Waals surface area contributed by atoms with Crippen molar-refractivity contribution in [3.05, 3.63) is 0 Å². The Hall–Kier alpha value is -2.58. The fourth-order valence-corrected chi connectivity index (χ4v) is 3.42. The summed E-state index contributed by atoms with van der Waals surface area (Å²) in [6, 6.07) is -1.47. The van der Waals surface area contributed by atoms with Crippen LogP contribution in [0.4, 0.5) is 14.4 Å². The second-order valence-corrected chi connectivity index (χ2v) is 7.98. The monoisotopic (exact) mass is 422 g/mol. The summed E-state index contributed by atoms with van der Waals surface area (Å²) in [4.78, 5) is 52.0. The third-order valence-electron chi connectivity index (χ3n) is 4.95. The van der Waals surface area contributed by atoms with Gasteiger partial charge in [-0.15, -0.1) is 0 Å². The highest BCUT2D eigenvalue weighted by atomic mass is 16.2. The summed E-state index contributed by atoms with van der Waals surface area (Å²) in [5, 5.41) is 0. The maximum Gasteiger partial charge on any atom is 0.343 e. The van der Waals surface area contributed by atoms with E-state index in [9.17, 15) is 14.4 Å². The Kier molecular flexibility index (Phi) is 12.4. The van der Waals surface area contributed by atoms with Gasteiger partial charge in [0, 0.05) is 37.3 Å². The third-order valence-corrected chi connectivity index (χ3v) is 4.95. The van der Waals surface area contributed by atoms with E-state index in [0.29, 0.717) is 32.4 Å². The topological polar surface area (TPSA) is 98.0 Å². The minimum absolute atomic E-state index is 0.00755. The Morgan fingerprint density at radius 2 is 1.10 bits per heavy atom. The number of amides is 6. The maximum absolute atomic E-state index is 12.4. The number of nitrogens with zero attached hydrogens (tertiary/aromatic N) is 6. The van der Waals surface area contributed by atoms with Crippen LogP contribution in [0.2, 0.25) is 0 Å². The number of aliphatic imine (C=N–C) groups is 3. The minimum atomic E-state index is -0.399. The quantitative estimate of drug-likeness (QED) is 0.468. The first kappa shape index (κ1) is 27.4. The van der Waals surface area contributed by atoms with Gasteiger partial charge in [0.05, 0.1) is 0 Å². The Morgan fingerprint density at radius 3 is 1.47 bits per heavy atom. The number of urea groups is 3. The fourth-order valence-electron chi connectivity index (χ4n) is 3.42. The fraction of sp³-hybridized carbons (Fsp3) is 0.714. The van der Waals surface area contributed by atoms with Gasteiger partial charge in [0.15, 0.2) is 0 Å². The van der Waals surface area contributed by atoms with Crippen molar-refractivity contribution in [2.24, 2.45) is 15.0 Å². The molecule has 0 saturated carbocycles. The van der Waals surface area contributed by atoms with Gasteiger partial charge in [-0.3, -0.25) is 0 Å². The zero-order chi connectivity index (χ0) is 23.4. The van der Waals surface area contributed by atoms with Crippen molar-refractivity contribution in [2.75, 3.05) is 13.1 Å². The van der Waals surface area contributed by atoms with Crippen LogP contribution in [0.25, 0.3) is 0 Å². The van der Waals surface area contributed by atoms with E-state index in [0.717, 1.165) is 0 Å². The molecule has 0 N–H and O–H groups in total. The van der Waals surface area contributed by atoms with Crippen molar-refractivity contribution >= 4 is 38.2 Å². The molecule has 0 aromatic heterocycles. The van der Waals surface area contributed by atoms with Gasteiger partial charge in [-0.2, -0.15) is 0 Å². The standard InChI is InChI=1S/C21H38N6O3/c1-15(2)25(19(28)22-7)13-10-11-18(27(17(5)6)21(30)24-9)12-14-26(16(3)4)20(29)23-8/h15-18H,7-14H2,1-6H3. The summed E-state index contributed by atoms with van der Waals surface area (Å²) in [5.41, 5.74) is 0. The molecule has 0 aliphatic carbocycles. The maximum atomic E-state index is 12.4. The summed E-state index contributed by atoms with van der Waals surface area (Å²) in [6.07, 6.45) is 1.84. The van der Waals surface area contributed by atoms with Crippen LogP contribution < -0.4 is 0 Å². The summed E-state index contributed by atoms with van der Waals surface area (Å²) in [7, 11) is 0. The smallest absolute Gasteiger partial charge is 0.320 e. The van der Waals surface area contributed by atoms with Crippen molar-refractivity contribution in [2.45, 2.75) is 85.0 Å². The molecule has 9 heteroatoms. The molecular formula is C21H38N6O3. The van der Waals surface area contributed by atoms with E-state index in [-0.39, 0.29) is 36.2 Å². The number of carbonyl (C=O) groups is 3. The predicted octanol–water partition coefficient (Wildman–Crippen LogP) is 4.12. The van der Waals surface area contributed by atoms with E-state index in [2.05, 4.69) is 35.1 Å². The van der Waals surface area contributed by atoms with E-state index in [1.54, 1.807) is 14.7 Å². The average Bonchev–Trinajstić information content (AvgIpc) is 2.68.